The molecule has 23 heavy (non-hydrogen) atoms. The van der Waals surface area contributed by atoms with Crippen molar-refractivity contribution in [1.82, 2.24) is 10.0 Å². The van der Waals surface area contributed by atoms with Crippen LogP contribution in [-0.2, 0) is 21.2 Å². The van der Waals surface area contributed by atoms with E-state index in [-0.39, 0.29) is 17.3 Å². The minimum absolute atomic E-state index is 0.150. The topological polar surface area (TPSA) is 75.3 Å². The van der Waals surface area contributed by atoms with Gasteiger partial charge in [0.05, 0.1) is 11.4 Å². The summed E-state index contributed by atoms with van der Waals surface area (Å²) in [5.41, 5.74) is 1.21. The summed E-state index contributed by atoms with van der Waals surface area (Å²) in [5, 5.41) is 2.71. The summed E-state index contributed by atoms with van der Waals surface area (Å²) in [6.07, 6.45) is 1.68. The maximum Gasteiger partial charge on any atom is 0.241 e. The van der Waals surface area contributed by atoms with Gasteiger partial charge in [0.15, 0.2) is 0 Å². The van der Waals surface area contributed by atoms with Gasteiger partial charge in [-0.25, -0.2) is 13.1 Å². The molecule has 6 heteroatoms. The Hall–Kier alpha value is -2.18. The third-order valence-electron chi connectivity index (χ3n) is 3.28. The van der Waals surface area contributed by atoms with E-state index in [2.05, 4.69) is 10.0 Å². The van der Waals surface area contributed by atoms with Crippen LogP contribution in [0.15, 0.2) is 65.6 Å². The lowest BCUT2D eigenvalue weighted by Gasteiger charge is -2.08. The summed E-state index contributed by atoms with van der Waals surface area (Å²) in [6, 6.07) is 18.0. The molecule has 0 heterocycles. The van der Waals surface area contributed by atoms with Crippen LogP contribution in [0.4, 0.5) is 0 Å². The first-order chi connectivity index (χ1) is 11.1. The molecule has 0 aliphatic carbocycles. The summed E-state index contributed by atoms with van der Waals surface area (Å²) < 4.78 is 26.2. The number of nitrogens with one attached hydrogen (secondary N) is 2. The summed E-state index contributed by atoms with van der Waals surface area (Å²) in [6.45, 7) is 0.253. The zero-order valence-electron chi connectivity index (χ0n) is 12.7. The van der Waals surface area contributed by atoms with E-state index >= 15 is 0 Å². The van der Waals surface area contributed by atoms with Crippen LogP contribution < -0.4 is 10.0 Å². The lowest BCUT2D eigenvalue weighted by molar-refractivity contribution is -0.119. The molecule has 0 saturated carbocycles. The molecule has 5 nitrogen and oxygen atoms in total. The Morgan fingerprint density at radius 1 is 0.913 bits per heavy atom. The van der Waals surface area contributed by atoms with Crippen molar-refractivity contribution >= 4 is 15.9 Å². The zero-order chi connectivity index (χ0) is 16.5. The number of carbonyl (C=O) groups is 1. The van der Waals surface area contributed by atoms with Crippen LogP contribution in [0.5, 0.6) is 0 Å². The van der Waals surface area contributed by atoms with Crippen LogP contribution in [0.1, 0.15) is 12.0 Å². The molecule has 2 N–H and O–H groups in total. The molecule has 0 saturated heterocycles. The quantitative estimate of drug-likeness (QED) is 0.723. The number of benzene rings is 2. The molecular weight excluding hydrogens is 312 g/mol. The number of sulfonamides is 1. The Kier molecular flexibility index (Phi) is 6.31. The van der Waals surface area contributed by atoms with Gasteiger partial charge in [-0.2, -0.15) is 0 Å². The predicted octanol–water partition coefficient (Wildman–Crippen LogP) is 1.71. The SMILES string of the molecule is O=C(CNS(=O)(=O)c1ccccc1)NCCCc1ccccc1. The number of carbonyl (C=O) groups excluding carboxylic acids is 1. The number of hydrogen-bond acceptors (Lipinski definition) is 3. The summed E-state index contributed by atoms with van der Waals surface area (Å²) in [5.74, 6) is -0.336. The van der Waals surface area contributed by atoms with Crippen molar-refractivity contribution in [3.05, 3.63) is 66.2 Å². The van der Waals surface area contributed by atoms with Gasteiger partial charge in [0, 0.05) is 6.54 Å². The summed E-state index contributed by atoms with van der Waals surface area (Å²) in [4.78, 5) is 11.8. The minimum atomic E-state index is -3.64. The highest BCUT2D eigenvalue weighted by Crippen LogP contribution is 2.06. The van der Waals surface area contributed by atoms with Crippen molar-refractivity contribution < 1.29 is 13.2 Å². The zero-order valence-corrected chi connectivity index (χ0v) is 13.6. The minimum Gasteiger partial charge on any atom is -0.355 e. The van der Waals surface area contributed by atoms with E-state index < -0.39 is 10.0 Å². The number of rotatable bonds is 8. The highest BCUT2D eigenvalue weighted by Gasteiger charge is 2.14. The highest BCUT2D eigenvalue weighted by molar-refractivity contribution is 7.89. The normalized spacial score (nSPS) is 11.1. The van der Waals surface area contributed by atoms with Gasteiger partial charge in [-0.1, -0.05) is 48.5 Å². The van der Waals surface area contributed by atoms with Crippen molar-refractivity contribution in [3.63, 3.8) is 0 Å². The number of amides is 1. The van der Waals surface area contributed by atoms with E-state index in [4.69, 9.17) is 0 Å². The summed E-state index contributed by atoms with van der Waals surface area (Å²) in [7, 11) is -3.64. The van der Waals surface area contributed by atoms with Crippen LogP contribution in [0.25, 0.3) is 0 Å². The molecule has 2 aromatic rings. The van der Waals surface area contributed by atoms with E-state index in [0.717, 1.165) is 12.8 Å². The van der Waals surface area contributed by atoms with Crippen molar-refractivity contribution in [3.8, 4) is 0 Å². The monoisotopic (exact) mass is 332 g/mol. The van der Waals surface area contributed by atoms with Gasteiger partial charge >= 0.3 is 0 Å². The van der Waals surface area contributed by atoms with Gasteiger partial charge in [-0.05, 0) is 30.5 Å². The van der Waals surface area contributed by atoms with E-state index in [1.54, 1.807) is 18.2 Å². The molecule has 2 rings (SSSR count). The molecular formula is C17H20N2O3S. The maximum atomic E-state index is 12.0. The Morgan fingerprint density at radius 3 is 2.17 bits per heavy atom. The van der Waals surface area contributed by atoms with Crippen LogP contribution in [-0.4, -0.2) is 27.4 Å². The first-order valence-corrected chi connectivity index (χ1v) is 8.91. The van der Waals surface area contributed by atoms with Crippen LogP contribution in [0.3, 0.4) is 0 Å². The maximum absolute atomic E-state index is 12.0. The molecule has 122 valence electrons. The Bertz CT molecular complexity index is 716. The second-order valence-electron chi connectivity index (χ2n) is 5.08. The smallest absolute Gasteiger partial charge is 0.241 e. The number of hydrogen-bond donors (Lipinski definition) is 2. The third-order valence-corrected chi connectivity index (χ3v) is 4.70. The summed E-state index contributed by atoms with van der Waals surface area (Å²) >= 11 is 0. The lowest BCUT2D eigenvalue weighted by Crippen LogP contribution is -2.37. The molecule has 0 fully saturated rings. The van der Waals surface area contributed by atoms with Gasteiger partial charge in [0.25, 0.3) is 0 Å². The Morgan fingerprint density at radius 2 is 1.52 bits per heavy atom. The first kappa shape index (κ1) is 17.2. The lowest BCUT2D eigenvalue weighted by atomic mass is 10.1. The van der Waals surface area contributed by atoms with E-state index in [1.807, 2.05) is 30.3 Å². The highest BCUT2D eigenvalue weighted by atomic mass is 32.2. The van der Waals surface area contributed by atoms with E-state index in [1.165, 1.54) is 17.7 Å². The average Bonchev–Trinajstić information content (AvgIpc) is 2.59. The molecule has 0 atom stereocenters. The second-order valence-corrected chi connectivity index (χ2v) is 6.84. The fourth-order valence-corrected chi connectivity index (χ4v) is 3.07. The van der Waals surface area contributed by atoms with Gasteiger partial charge in [0.1, 0.15) is 0 Å². The molecule has 0 aliphatic rings. The van der Waals surface area contributed by atoms with Crippen molar-refractivity contribution in [1.29, 1.82) is 0 Å². The van der Waals surface area contributed by atoms with Crippen molar-refractivity contribution in [2.24, 2.45) is 0 Å². The first-order valence-electron chi connectivity index (χ1n) is 7.43. The molecule has 0 bridgehead atoms. The van der Waals surface area contributed by atoms with Crippen LogP contribution >= 0.6 is 0 Å². The molecule has 0 radical (unpaired) electrons. The van der Waals surface area contributed by atoms with E-state index in [9.17, 15) is 13.2 Å². The van der Waals surface area contributed by atoms with Gasteiger partial charge in [-0.15, -0.1) is 0 Å². The van der Waals surface area contributed by atoms with Crippen molar-refractivity contribution in [2.45, 2.75) is 17.7 Å². The average molecular weight is 332 g/mol. The second kappa shape index (κ2) is 8.45. The molecule has 0 aliphatic heterocycles. The standard InChI is InChI=1S/C17H20N2O3S/c20-17(18-13-7-10-15-8-3-1-4-9-15)14-19-23(21,22)16-11-5-2-6-12-16/h1-6,8-9,11-12,19H,7,10,13-14H2,(H,18,20). The fraction of sp³-hybridized carbons (Fsp3) is 0.235. The fourth-order valence-electron chi connectivity index (χ4n) is 2.07. The van der Waals surface area contributed by atoms with Gasteiger partial charge in [0.2, 0.25) is 15.9 Å². The van der Waals surface area contributed by atoms with E-state index in [0.29, 0.717) is 6.54 Å². The van der Waals surface area contributed by atoms with Crippen molar-refractivity contribution in [2.75, 3.05) is 13.1 Å². The molecule has 2 aromatic carbocycles. The third kappa shape index (κ3) is 5.84. The molecule has 0 unspecified atom stereocenters. The Labute approximate surface area is 136 Å². The van der Waals surface area contributed by atoms with Crippen LogP contribution in [0.2, 0.25) is 0 Å². The number of aryl methyl sites for hydroxylation is 1. The largest absolute Gasteiger partial charge is 0.355 e. The Balaban J connectivity index is 1.69. The van der Waals surface area contributed by atoms with Crippen LogP contribution in [0, 0.1) is 0 Å². The van der Waals surface area contributed by atoms with Gasteiger partial charge in [-0.3, -0.25) is 4.79 Å². The molecule has 0 aromatic heterocycles. The molecule has 1 amide bonds. The predicted molar refractivity (Wildman–Crippen MR) is 89.4 cm³/mol. The molecule has 0 spiro atoms. The van der Waals surface area contributed by atoms with Gasteiger partial charge < -0.3 is 5.32 Å².